The maximum atomic E-state index is 10.7. The zero-order valence-electron chi connectivity index (χ0n) is 13.0. The van der Waals surface area contributed by atoms with Crippen LogP contribution >= 0.6 is 0 Å². The van der Waals surface area contributed by atoms with E-state index in [9.17, 15) is 4.79 Å². The first kappa shape index (κ1) is 14.8. The van der Waals surface area contributed by atoms with Gasteiger partial charge in [-0.15, -0.1) is 0 Å². The number of nitrogens with zero attached hydrogens (tertiary/aromatic N) is 1. The molecule has 0 unspecified atom stereocenters. The summed E-state index contributed by atoms with van der Waals surface area (Å²) < 4.78 is 5.69. The largest absolute Gasteiger partial charge is 0.496 e. The van der Waals surface area contributed by atoms with E-state index in [1.807, 2.05) is 0 Å². The minimum absolute atomic E-state index is 0.00769. The second-order valence-corrected chi connectivity index (χ2v) is 6.56. The molecular formula is C17H23NO2. The Balaban J connectivity index is 2.70. The van der Waals surface area contributed by atoms with Crippen molar-refractivity contribution in [3.05, 3.63) is 28.8 Å². The minimum Gasteiger partial charge on any atom is -0.496 e. The average molecular weight is 273 g/mol. The van der Waals surface area contributed by atoms with Crippen molar-refractivity contribution in [2.24, 2.45) is 4.99 Å². The lowest BCUT2D eigenvalue weighted by Crippen LogP contribution is -2.17. The Morgan fingerprint density at radius 3 is 2.40 bits per heavy atom. The molecule has 0 radical (unpaired) electrons. The van der Waals surface area contributed by atoms with E-state index in [0.717, 1.165) is 30.6 Å². The zero-order chi connectivity index (χ0) is 15.0. The van der Waals surface area contributed by atoms with Gasteiger partial charge in [0.15, 0.2) is 0 Å². The van der Waals surface area contributed by atoms with Crippen LogP contribution in [0.2, 0.25) is 0 Å². The van der Waals surface area contributed by atoms with Gasteiger partial charge in [-0.05, 0) is 36.3 Å². The van der Waals surface area contributed by atoms with Crippen molar-refractivity contribution in [2.75, 3.05) is 7.11 Å². The van der Waals surface area contributed by atoms with Crippen LogP contribution in [0.25, 0.3) is 0 Å². The lowest BCUT2D eigenvalue weighted by molar-refractivity contribution is 0.387. The maximum Gasteiger partial charge on any atom is 0.235 e. The van der Waals surface area contributed by atoms with Gasteiger partial charge >= 0.3 is 0 Å². The maximum absolute atomic E-state index is 10.7. The summed E-state index contributed by atoms with van der Waals surface area (Å²) in [6.45, 7) is 8.67. The van der Waals surface area contributed by atoms with Crippen LogP contribution in [0.1, 0.15) is 57.2 Å². The van der Waals surface area contributed by atoms with E-state index in [0.29, 0.717) is 0 Å². The van der Waals surface area contributed by atoms with E-state index < -0.39 is 5.54 Å². The minimum atomic E-state index is -0.391. The first-order chi connectivity index (χ1) is 9.38. The SMILES string of the molecule is CCc1cc(C(C)(C)C)c(OC)c(C2(N=C=O)CC2)c1. The molecule has 0 bridgehead atoms. The molecule has 0 aliphatic heterocycles. The van der Waals surface area contributed by atoms with Crippen LogP contribution in [0.4, 0.5) is 0 Å². The molecule has 3 nitrogen and oxygen atoms in total. The topological polar surface area (TPSA) is 38.7 Å². The Morgan fingerprint density at radius 1 is 1.35 bits per heavy atom. The van der Waals surface area contributed by atoms with Crippen LogP contribution in [-0.2, 0) is 22.2 Å². The summed E-state index contributed by atoms with van der Waals surface area (Å²) >= 11 is 0. The molecule has 0 spiro atoms. The van der Waals surface area contributed by atoms with Crippen molar-refractivity contribution < 1.29 is 9.53 Å². The van der Waals surface area contributed by atoms with Crippen molar-refractivity contribution >= 4 is 6.08 Å². The number of aliphatic imine (C=N–C) groups is 1. The molecule has 1 saturated carbocycles. The van der Waals surface area contributed by atoms with Gasteiger partial charge in [0.2, 0.25) is 6.08 Å². The van der Waals surface area contributed by atoms with Crippen LogP contribution in [0.3, 0.4) is 0 Å². The third-order valence-corrected chi connectivity index (χ3v) is 4.05. The molecule has 1 aliphatic carbocycles. The molecule has 0 heterocycles. The van der Waals surface area contributed by atoms with Crippen LogP contribution in [0.15, 0.2) is 17.1 Å². The summed E-state index contributed by atoms with van der Waals surface area (Å²) in [7, 11) is 1.69. The third-order valence-electron chi connectivity index (χ3n) is 4.05. The number of methoxy groups -OCH3 is 1. The Kier molecular flexibility index (Phi) is 3.75. The number of aryl methyl sites for hydroxylation is 1. The molecule has 0 amide bonds. The van der Waals surface area contributed by atoms with E-state index >= 15 is 0 Å². The number of ether oxygens (including phenoxy) is 1. The summed E-state index contributed by atoms with van der Waals surface area (Å²) in [5.74, 6) is 0.881. The van der Waals surface area contributed by atoms with Gasteiger partial charge < -0.3 is 4.74 Å². The number of benzene rings is 1. The van der Waals surface area contributed by atoms with Crippen molar-refractivity contribution in [1.82, 2.24) is 0 Å². The summed E-state index contributed by atoms with van der Waals surface area (Å²) in [6, 6.07) is 4.35. The standard InChI is InChI=1S/C17H23NO2/c1-6-12-9-13(16(2,3)4)15(20-5)14(10-12)17(7-8-17)18-11-19/h9-10H,6-8H2,1-5H3. The number of rotatable bonds is 4. The monoisotopic (exact) mass is 273 g/mol. The van der Waals surface area contributed by atoms with Gasteiger partial charge in [0.05, 0.1) is 7.11 Å². The van der Waals surface area contributed by atoms with Gasteiger partial charge in [-0.3, -0.25) is 0 Å². The van der Waals surface area contributed by atoms with E-state index in [2.05, 4.69) is 44.8 Å². The first-order valence-electron chi connectivity index (χ1n) is 7.19. The Bertz CT molecular complexity index is 559. The van der Waals surface area contributed by atoms with Crippen molar-refractivity contribution in [2.45, 2.75) is 57.9 Å². The Labute approximate surface area is 121 Å². The van der Waals surface area contributed by atoms with Crippen molar-refractivity contribution in [3.63, 3.8) is 0 Å². The fraction of sp³-hybridized carbons (Fsp3) is 0.588. The summed E-state index contributed by atoms with van der Waals surface area (Å²) in [5, 5.41) is 0. The predicted octanol–water partition coefficient (Wildman–Crippen LogP) is 3.88. The average Bonchev–Trinajstić information content (AvgIpc) is 3.17. The molecule has 1 aliphatic rings. The number of isocyanates is 1. The normalized spacial score (nSPS) is 16.4. The van der Waals surface area contributed by atoms with Crippen LogP contribution < -0.4 is 4.74 Å². The molecule has 2 rings (SSSR count). The van der Waals surface area contributed by atoms with E-state index in [4.69, 9.17) is 4.74 Å². The molecule has 1 aromatic rings. The molecule has 0 aromatic heterocycles. The molecule has 0 atom stereocenters. The van der Waals surface area contributed by atoms with Gasteiger partial charge in [0, 0.05) is 11.1 Å². The molecule has 1 fully saturated rings. The molecule has 108 valence electrons. The summed E-state index contributed by atoms with van der Waals surface area (Å²) in [6.07, 6.45) is 4.49. The molecule has 3 heteroatoms. The summed E-state index contributed by atoms with van der Waals surface area (Å²) in [4.78, 5) is 14.8. The molecule has 20 heavy (non-hydrogen) atoms. The van der Waals surface area contributed by atoms with E-state index in [-0.39, 0.29) is 5.41 Å². The van der Waals surface area contributed by atoms with Crippen LogP contribution in [0, 0.1) is 0 Å². The number of hydrogen-bond donors (Lipinski definition) is 0. The second kappa shape index (κ2) is 5.06. The lowest BCUT2D eigenvalue weighted by Gasteiger charge is -2.26. The van der Waals surface area contributed by atoms with Crippen LogP contribution in [0.5, 0.6) is 5.75 Å². The third kappa shape index (κ3) is 2.51. The highest BCUT2D eigenvalue weighted by molar-refractivity contribution is 5.54. The molecule has 1 aromatic carbocycles. The molecule has 0 N–H and O–H groups in total. The van der Waals surface area contributed by atoms with Gasteiger partial charge in [0.1, 0.15) is 11.3 Å². The van der Waals surface area contributed by atoms with Crippen molar-refractivity contribution in [3.8, 4) is 5.75 Å². The van der Waals surface area contributed by atoms with Gasteiger partial charge in [-0.2, -0.15) is 4.99 Å². The predicted molar refractivity (Wildman–Crippen MR) is 80.1 cm³/mol. The molecule has 0 saturated heterocycles. The molecular weight excluding hydrogens is 250 g/mol. The Hall–Kier alpha value is -1.60. The second-order valence-electron chi connectivity index (χ2n) is 6.56. The first-order valence-corrected chi connectivity index (χ1v) is 7.19. The fourth-order valence-corrected chi connectivity index (χ4v) is 2.66. The highest BCUT2D eigenvalue weighted by atomic mass is 16.5. The number of hydrogen-bond acceptors (Lipinski definition) is 3. The van der Waals surface area contributed by atoms with E-state index in [1.54, 1.807) is 13.2 Å². The van der Waals surface area contributed by atoms with Gasteiger partial charge in [-0.25, -0.2) is 4.79 Å². The number of carbonyl (C=O) groups excluding carboxylic acids is 1. The van der Waals surface area contributed by atoms with Crippen LogP contribution in [-0.4, -0.2) is 13.2 Å². The van der Waals surface area contributed by atoms with Crippen molar-refractivity contribution in [1.29, 1.82) is 0 Å². The lowest BCUT2D eigenvalue weighted by atomic mass is 9.82. The quantitative estimate of drug-likeness (QED) is 0.617. The smallest absolute Gasteiger partial charge is 0.235 e. The Morgan fingerprint density at radius 2 is 2.00 bits per heavy atom. The highest BCUT2D eigenvalue weighted by Gasteiger charge is 2.47. The van der Waals surface area contributed by atoms with E-state index in [1.165, 1.54) is 11.1 Å². The fourth-order valence-electron chi connectivity index (χ4n) is 2.66. The summed E-state index contributed by atoms with van der Waals surface area (Å²) in [5.41, 5.74) is 3.09. The van der Waals surface area contributed by atoms with Gasteiger partial charge in [0.25, 0.3) is 0 Å². The zero-order valence-corrected chi connectivity index (χ0v) is 13.0. The highest BCUT2D eigenvalue weighted by Crippen LogP contribution is 2.54. The van der Waals surface area contributed by atoms with Gasteiger partial charge in [-0.1, -0.05) is 33.8 Å².